The fourth-order valence-electron chi connectivity index (χ4n) is 4.05. The molecule has 216 valence electrons. The number of rotatable bonds is 9. The molecule has 0 spiro atoms. The first kappa shape index (κ1) is 30.3. The standard InChI is InChI=1S/C28H37N5O7/c1-6-39-27(37)33-16-14-32(15-17-33)26(36)20(12-13-23(34)40-28(2,3)4)30-25(35)21-18-22(38-5)31-24(29-21)19-10-8-7-9-11-19/h7-11,18,20H,6,12-17H2,1-5H3,(H,30,35)/t20-/m0/s1. The number of hydrogen-bond donors (Lipinski definition) is 1. The minimum Gasteiger partial charge on any atom is -0.481 e. The molecule has 0 saturated carbocycles. The molecule has 1 N–H and O–H groups in total. The van der Waals surface area contributed by atoms with Crippen LogP contribution in [-0.4, -0.2) is 95.2 Å². The summed E-state index contributed by atoms with van der Waals surface area (Å²) in [5, 5.41) is 2.74. The van der Waals surface area contributed by atoms with Crippen LogP contribution in [0.4, 0.5) is 4.79 Å². The number of carbonyl (C=O) groups is 4. The van der Waals surface area contributed by atoms with E-state index in [0.717, 1.165) is 0 Å². The lowest BCUT2D eigenvalue weighted by molar-refractivity contribution is -0.155. The lowest BCUT2D eigenvalue weighted by atomic mass is 10.1. The molecular weight excluding hydrogens is 518 g/mol. The van der Waals surface area contributed by atoms with Crippen LogP contribution in [0.5, 0.6) is 5.88 Å². The predicted molar refractivity (Wildman–Crippen MR) is 146 cm³/mol. The molecule has 0 radical (unpaired) electrons. The highest BCUT2D eigenvalue weighted by Crippen LogP contribution is 2.19. The van der Waals surface area contributed by atoms with Crippen molar-refractivity contribution in [1.29, 1.82) is 0 Å². The Morgan fingerprint density at radius 2 is 1.65 bits per heavy atom. The summed E-state index contributed by atoms with van der Waals surface area (Å²) in [7, 11) is 1.43. The van der Waals surface area contributed by atoms with Gasteiger partial charge in [-0.1, -0.05) is 30.3 Å². The van der Waals surface area contributed by atoms with Crippen LogP contribution in [0.25, 0.3) is 11.4 Å². The van der Waals surface area contributed by atoms with Crippen LogP contribution in [0.2, 0.25) is 0 Å². The van der Waals surface area contributed by atoms with Crippen molar-refractivity contribution in [3.8, 4) is 17.3 Å². The van der Waals surface area contributed by atoms with E-state index in [9.17, 15) is 19.2 Å². The molecule has 12 nitrogen and oxygen atoms in total. The van der Waals surface area contributed by atoms with E-state index in [1.165, 1.54) is 18.1 Å². The second-order valence-corrected chi connectivity index (χ2v) is 10.1. The van der Waals surface area contributed by atoms with Crippen molar-refractivity contribution in [3.05, 3.63) is 42.1 Å². The maximum atomic E-state index is 13.5. The highest BCUT2D eigenvalue weighted by molar-refractivity contribution is 5.96. The molecule has 0 aliphatic carbocycles. The van der Waals surface area contributed by atoms with Gasteiger partial charge in [0.25, 0.3) is 5.91 Å². The summed E-state index contributed by atoms with van der Waals surface area (Å²) >= 11 is 0. The number of methoxy groups -OCH3 is 1. The summed E-state index contributed by atoms with van der Waals surface area (Å²) in [6.45, 7) is 8.36. The Kier molecular flexibility index (Phi) is 10.4. The van der Waals surface area contributed by atoms with Gasteiger partial charge in [-0.2, -0.15) is 4.98 Å². The molecule has 1 saturated heterocycles. The van der Waals surface area contributed by atoms with Crippen LogP contribution in [0.15, 0.2) is 36.4 Å². The van der Waals surface area contributed by atoms with E-state index in [2.05, 4.69) is 15.3 Å². The van der Waals surface area contributed by atoms with Gasteiger partial charge in [0.15, 0.2) is 5.82 Å². The summed E-state index contributed by atoms with van der Waals surface area (Å²) in [6.07, 6.45) is -0.499. The SMILES string of the molecule is CCOC(=O)N1CCN(C(=O)[C@H](CCC(=O)OC(C)(C)C)NC(=O)c2cc(OC)nc(-c3ccccc3)n2)CC1. The Balaban J connectivity index is 1.79. The second-order valence-electron chi connectivity index (χ2n) is 10.1. The first-order valence-electron chi connectivity index (χ1n) is 13.2. The van der Waals surface area contributed by atoms with Gasteiger partial charge < -0.3 is 29.3 Å². The third-order valence-corrected chi connectivity index (χ3v) is 5.95. The van der Waals surface area contributed by atoms with Crippen LogP contribution in [-0.2, 0) is 19.1 Å². The Labute approximate surface area is 234 Å². The molecule has 2 heterocycles. The number of hydrogen-bond acceptors (Lipinski definition) is 9. The zero-order valence-corrected chi connectivity index (χ0v) is 23.6. The first-order valence-corrected chi connectivity index (χ1v) is 13.2. The van der Waals surface area contributed by atoms with E-state index in [1.807, 2.05) is 18.2 Å². The molecule has 0 bridgehead atoms. The molecule has 1 aliphatic heterocycles. The third kappa shape index (κ3) is 8.65. The van der Waals surface area contributed by atoms with E-state index in [4.69, 9.17) is 14.2 Å². The largest absolute Gasteiger partial charge is 0.481 e. The van der Waals surface area contributed by atoms with Crippen LogP contribution in [0, 0.1) is 0 Å². The molecule has 3 rings (SSSR count). The number of nitrogens with zero attached hydrogens (tertiary/aromatic N) is 4. The fraction of sp³-hybridized carbons (Fsp3) is 0.500. The maximum Gasteiger partial charge on any atom is 0.409 e. The molecule has 2 aromatic rings. The quantitative estimate of drug-likeness (QED) is 0.463. The second kappa shape index (κ2) is 13.7. The molecule has 1 aromatic carbocycles. The minimum atomic E-state index is -1.03. The molecule has 0 unspecified atom stereocenters. The van der Waals surface area contributed by atoms with Crippen molar-refractivity contribution < 1.29 is 33.4 Å². The summed E-state index contributed by atoms with van der Waals surface area (Å²) in [5.74, 6) is -1.00. The number of benzene rings is 1. The van der Waals surface area contributed by atoms with Gasteiger partial charge in [-0.25, -0.2) is 9.78 Å². The lowest BCUT2D eigenvalue weighted by Gasteiger charge is -2.36. The fourth-order valence-corrected chi connectivity index (χ4v) is 4.05. The summed E-state index contributed by atoms with van der Waals surface area (Å²) in [4.78, 5) is 63.2. The van der Waals surface area contributed by atoms with Gasteiger partial charge in [0, 0.05) is 44.2 Å². The molecule has 12 heteroatoms. The number of piperazine rings is 1. The number of amides is 3. The van der Waals surface area contributed by atoms with Crippen molar-refractivity contribution in [2.45, 2.75) is 52.2 Å². The first-order chi connectivity index (χ1) is 19.0. The van der Waals surface area contributed by atoms with Crippen molar-refractivity contribution >= 4 is 23.9 Å². The third-order valence-electron chi connectivity index (χ3n) is 5.95. The molecule has 1 fully saturated rings. The van der Waals surface area contributed by atoms with Crippen molar-refractivity contribution in [2.75, 3.05) is 39.9 Å². The molecule has 3 amide bonds. The monoisotopic (exact) mass is 555 g/mol. The van der Waals surface area contributed by atoms with Crippen LogP contribution >= 0.6 is 0 Å². The van der Waals surface area contributed by atoms with E-state index >= 15 is 0 Å². The lowest BCUT2D eigenvalue weighted by Crippen LogP contribution is -2.56. The van der Waals surface area contributed by atoms with Gasteiger partial charge in [-0.05, 0) is 34.1 Å². The zero-order valence-electron chi connectivity index (χ0n) is 23.6. The number of carbonyl (C=O) groups excluding carboxylic acids is 4. The minimum absolute atomic E-state index is 0.00732. The average molecular weight is 556 g/mol. The number of ether oxygens (including phenoxy) is 3. The highest BCUT2D eigenvalue weighted by atomic mass is 16.6. The van der Waals surface area contributed by atoms with Gasteiger partial charge in [0.1, 0.15) is 17.3 Å². The summed E-state index contributed by atoms with van der Waals surface area (Å²) in [5.41, 5.74) is 0.00889. The molecule has 1 aromatic heterocycles. The van der Waals surface area contributed by atoms with Crippen LogP contribution < -0.4 is 10.1 Å². The molecule has 40 heavy (non-hydrogen) atoms. The van der Waals surface area contributed by atoms with E-state index < -0.39 is 29.6 Å². The van der Waals surface area contributed by atoms with Crippen LogP contribution in [0.3, 0.4) is 0 Å². The van der Waals surface area contributed by atoms with Crippen molar-refractivity contribution in [2.24, 2.45) is 0 Å². The smallest absolute Gasteiger partial charge is 0.409 e. The Hall–Kier alpha value is -4.22. The number of esters is 1. The van der Waals surface area contributed by atoms with Crippen molar-refractivity contribution in [3.63, 3.8) is 0 Å². The van der Waals surface area contributed by atoms with E-state index in [1.54, 1.807) is 44.7 Å². The average Bonchev–Trinajstić information content (AvgIpc) is 2.94. The Morgan fingerprint density at radius 3 is 2.25 bits per heavy atom. The number of aromatic nitrogens is 2. The van der Waals surface area contributed by atoms with Crippen LogP contribution in [0.1, 0.15) is 51.0 Å². The Bertz CT molecular complexity index is 1190. The summed E-state index contributed by atoms with van der Waals surface area (Å²) in [6, 6.07) is 9.46. The topological polar surface area (TPSA) is 140 Å². The molecular formula is C28H37N5O7. The summed E-state index contributed by atoms with van der Waals surface area (Å²) < 4.78 is 15.7. The highest BCUT2D eigenvalue weighted by Gasteiger charge is 2.32. The predicted octanol–water partition coefficient (Wildman–Crippen LogP) is 2.67. The molecule has 1 atom stereocenters. The van der Waals surface area contributed by atoms with Gasteiger partial charge >= 0.3 is 12.1 Å². The molecule has 1 aliphatic rings. The zero-order chi connectivity index (χ0) is 29.3. The van der Waals surface area contributed by atoms with E-state index in [-0.39, 0.29) is 55.8 Å². The van der Waals surface area contributed by atoms with Gasteiger partial charge in [0.05, 0.1) is 13.7 Å². The van der Waals surface area contributed by atoms with Gasteiger partial charge in [-0.15, -0.1) is 0 Å². The van der Waals surface area contributed by atoms with E-state index in [0.29, 0.717) is 18.7 Å². The van der Waals surface area contributed by atoms with Gasteiger partial charge in [-0.3, -0.25) is 14.4 Å². The Morgan fingerprint density at radius 1 is 1.00 bits per heavy atom. The number of nitrogens with one attached hydrogen (secondary N) is 1. The normalized spacial score (nSPS) is 14.2. The van der Waals surface area contributed by atoms with Crippen molar-refractivity contribution in [1.82, 2.24) is 25.1 Å². The maximum absolute atomic E-state index is 13.5. The van der Waals surface area contributed by atoms with Gasteiger partial charge in [0.2, 0.25) is 11.8 Å².